The van der Waals surface area contributed by atoms with E-state index in [0.29, 0.717) is 29.4 Å². The summed E-state index contributed by atoms with van der Waals surface area (Å²) >= 11 is 0. The Bertz CT molecular complexity index is 1740. The van der Waals surface area contributed by atoms with E-state index >= 15 is 0 Å². The zero-order valence-electron chi connectivity index (χ0n) is 27.1. The van der Waals surface area contributed by atoms with Gasteiger partial charge in [0.1, 0.15) is 34.1 Å². The molecule has 0 radical (unpaired) electrons. The number of fused-ring (bicyclic) bond motifs is 1. The van der Waals surface area contributed by atoms with Crippen LogP contribution in [0.3, 0.4) is 0 Å². The number of hydrogen-bond donors (Lipinski definition) is 3. The van der Waals surface area contributed by atoms with Crippen LogP contribution in [0, 0.1) is 0 Å². The molecule has 11 heteroatoms. The molecule has 1 unspecified atom stereocenters. The van der Waals surface area contributed by atoms with Gasteiger partial charge in [-0.25, -0.2) is 14.8 Å². The molecular weight excluding hydrogens is 584 g/mol. The Labute approximate surface area is 269 Å². The minimum Gasteiger partial charge on any atom is -0.497 e. The van der Waals surface area contributed by atoms with Crippen molar-refractivity contribution in [3.63, 3.8) is 0 Å². The molecule has 0 aliphatic heterocycles. The highest BCUT2D eigenvalue weighted by Crippen LogP contribution is 2.35. The number of anilines is 1. The van der Waals surface area contributed by atoms with E-state index in [4.69, 9.17) is 29.9 Å². The molecule has 46 heavy (non-hydrogen) atoms. The summed E-state index contributed by atoms with van der Waals surface area (Å²) in [5.41, 5.74) is 9.84. The van der Waals surface area contributed by atoms with Crippen molar-refractivity contribution in [2.75, 3.05) is 19.5 Å². The number of primary amides is 1. The molecule has 0 spiro atoms. The van der Waals surface area contributed by atoms with E-state index in [1.165, 1.54) is 0 Å². The number of aromatic nitrogens is 3. The predicted octanol–water partition coefficient (Wildman–Crippen LogP) is 6.37. The summed E-state index contributed by atoms with van der Waals surface area (Å²) in [6, 6.07) is 12.9. The monoisotopic (exact) mass is 626 g/mol. The van der Waals surface area contributed by atoms with Gasteiger partial charge in [-0.15, -0.1) is 0 Å². The molecule has 2 aromatic carbocycles. The first kappa shape index (κ1) is 32.3. The number of amides is 2. The number of carbonyl (C=O) groups is 2. The predicted molar refractivity (Wildman–Crippen MR) is 178 cm³/mol. The number of rotatable bonds is 9. The Hall–Kier alpha value is -5.06. The average molecular weight is 627 g/mol. The summed E-state index contributed by atoms with van der Waals surface area (Å²) in [6.07, 6.45) is 9.59. The highest BCUT2D eigenvalue weighted by Gasteiger charge is 2.23. The minimum atomic E-state index is -0.540. The maximum absolute atomic E-state index is 12.4. The summed E-state index contributed by atoms with van der Waals surface area (Å²) in [5.74, 6) is 2.41. The third-order valence-corrected chi connectivity index (χ3v) is 7.85. The van der Waals surface area contributed by atoms with Crippen molar-refractivity contribution in [2.24, 2.45) is 5.73 Å². The Kier molecular flexibility index (Phi) is 9.79. The van der Waals surface area contributed by atoms with Gasteiger partial charge in [0.15, 0.2) is 5.82 Å². The largest absolute Gasteiger partial charge is 0.497 e. The van der Waals surface area contributed by atoms with Crippen molar-refractivity contribution in [2.45, 2.75) is 71.1 Å². The number of alkyl carbamates (subject to hydrolysis) is 1. The molecule has 1 aliphatic carbocycles. The average Bonchev–Trinajstić information content (AvgIpc) is 3.40. The number of benzene rings is 2. The number of imidazole rings is 1. The van der Waals surface area contributed by atoms with Crippen LogP contribution < -0.4 is 25.8 Å². The van der Waals surface area contributed by atoms with E-state index in [1.54, 1.807) is 32.5 Å². The lowest BCUT2D eigenvalue weighted by molar-refractivity contribution is 0.0498. The molecule has 11 nitrogen and oxygen atoms in total. The molecule has 0 bridgehead atoms. The number of hydrogen-bond acceptors (Lipinski definition) is 8. The van der Waals surface area contributed by atoms with E-state index in [2.05, 4.69) is 21.1 Å². The number of nitrogens with zero attached hydrogens (tertiary/aromatic N) is 3. The van der Waals surface area contributed by atoms with Gasteiger partial charge >= 0.3 is 6.09 Å². The highest BCUT2D eigenvalue weighted by atomic mass is 16.6. The molecule has 242 valence electrons. The third-order valence-electron chi connectivity index (χ3n) is 7.85. The minimum absolute atomic E-state index is 0.0407. The lowest BCUT2D eigenvalue weighted by Crippen LogP contribution is -2.39. The number of allylic oxidation sites excluding steroid dienone is 2. The molecule has 4 N–H and O–H groups in total. The first-order valence-electron chi connectivity index (χ1n) is 15.5. The Morgan fingerprint density at radius 2 is 1.85 bits per heavy atom. The third kappa shape index (κ3) is 7.59. The maximum Gasteiger partial charge on any atom is 0.407 e. The van der Waals surface area contributed by atoms with Crippen LogP contribution in [-0.2, 0) is 11.3 Å². The lowest BCUT2D eigenvalue weighted by Gasteiger charge is -2.24. The molecule has 5 rings (SSSR count). The van der Waals surface area contributed by atoms with Gasteiger partial charge in [-0.2, -0.15) is 0 Å². The Balaban J connectivity index is 1.48. The van der Waals surface area contributed by atoms with Crippen LogP contribution in [0.25, 0.3) is 22.3 Å². The quantitative estimate of drug-likeness (QED) is 0.195. The first-order chi connectivity index (χ1) is 22.1. The molecule has 2 amide bonds. The van der Waals surface area contributed by atoms with Crippen molar-refractivity contribution in [1.29, 1.82) is 0 Å². The highest BCUT2D eigenvalue weighted by molar-refractivity contribution is 5.94. The van der Waals surface area contributed by atoms with Gasteiger partial charge < -0.3 is 30.6 Å². The molecule has 0 saturated heterocycles. The molecule has 2 heterocycles. The second-order valence-corrected chi connectivity index (χ2v) is 12.3. The smallest absolute Gasteiger partial charge is 0.407 e. The van der Waals surface area contributed by atoms with E-state index in [-0.39, 0.29) is 12.1 Å². The molecule has 1 aliphatic rings. The number of ether oxygens (including phenoxy) is 3. The van der Waals surface area contributed by atoms with Crippen molar-refractivity contribution < 1.29 is 23.8 Å². The van der Waals surface area contributed by atoms with Gasteiger partial charge in [0.2, 0.25) is 5.91 Å². The van der Waals surface area contributed by atoms with E-state index in [1.807, 2.05) is 57.3 Å². The Morgan fingerprint density at radius 3 is 2.54 bits per heavy atom. The lowest BCUT2D eigenvalue weighted by atomic mass is 9.96. The number of methoxy groups -OCH3 is 2. The van der Waals surface area contributed by atoms with Gasteiger partial charge in [-0.05, 0) is 82.7 Å². The second kappa shape index (κ2) is 13.9. The summed E-state index contributed by atoms with van der Waals surface area (Å²) in [4.78, 5) is 34.0. The van der Waals surface area contributed by atoms with Crippen LogP contribution in [0.2, 0.25) is 0 Å². The van der Waals surface area contributed by atoms with Crippen LogP contribution >= 0.6 is 0 Å². The number of nitrogens with two attached hydrogens (primary N) is 1. The molecular formula is C35H42N6O5. The van der Waals surface area contributed by atoms with Crippen LogP contribution in [0.5, 0.6) is 11.5 Å². The molecule has 2 aromatic heterocycles. The van der Waals surface area contributed by atoms with E-state index < -0.39 is 11.5 Å². The molecule has 0 saturated carbocycles. The van der Waals surface area contributed by atoms with Crippen molar-refractivity contribution in [3.05, 3.63) is 77.9 Å². The maximum atomic E-state index is 12.4. The van der Waals surface area contributed by atoms with Crippen molar-refractivity contribution in [1.82, 2.24) is 19.7 Å². The van der Waals surface area contributed by atoms with Crippen molar-refractivity contribution in [3.8, 4) is 22.8 Å². The van der Waals surface area contributed by atoms with Gasteiger partial charge in [0.05, 0.1) is 14.2 Å². The SMILES string of the molecule is COc1ccc(CNc2nccn3c(/C4=C/CCC(NC(=O)OC(C)(C)C)CCC4)nc(-c4ccc(C(N)=O)cc4)c23)c(OC)c1. The molecule has 4 aromatic rings. The van der Waals surface area contributed by atoms with Gasteiger partial charge in [-0.1, -0.05) is 18.2 Å². The van der Waals surface area contributed by atoms with Gasteiger partial charge in [0.25, 0.3) is 0 Å². The molecule has 1 atom stereocenters. The number of nitrogens with one attached hydrogen (secondary N) is 2. The summed E-state index contributed by atoms with van der Waals surface area (Å²) in [5, 5.41) is 6.53. The van der Waals surface area contributed by atoms with Gasteiger partial charge in [0, 0.05) is 47.7 Å². The topological polar surface area (TPSA) is 142 Å². The summed E-state index contributed by atoms with van der Waals surface area (Å²) in [7, 11) is 3.25. The fraction of sp³-hybridized carbons (Fsp3) is 0.371. The summed E-state index contributed by atoms with van der Waals surface area (Å²) < 4.78 is 18.5. The first-order valence-corrected chi connectivity index (χ1v) is 15.5. The molecule has 0 fully saturated rings. The second-order valence-electron chi connectivity index (χ2n) is 12.3. The zero-order valence-corrected chi connectivity index (χ0v) is 27.1. The van der Waals surface area contributed by atoms with E-state index in [0.717, 1.165) is 65.8 Å². The van der Waals surface area contributed by atoms with Crippen LogP contribution in [0.15, 0.2) is 60.9 Å². The van der Waals surface area contributed by atoms with Crippen LogP contribution in [0.4, 0.5) is 10.6 Å². The number of carbonyl (C=O) groups excluding carboxylic acids is 2. The van der Waals surface area contributed by atoms with Crippen LogP contribution in [0.1, 0.15) is 74.6 Å². The Morgan fingerprint density at radius 1 is 1.07 bits per heavy atom. The van der Waals surface area contributed by atoms with Crippen LogP contribution in [-0.4, -0.2) is 52.2 Å². The summed E-state index contributed by atoms with van der Waals surface area (Å²) in [6.45, 7) is 6.04. The standard InChI is InChI=1S/C35H42N6O5/c1-35(2,3)46-34(43)39-26-10-6-8-24(9-7-11-26)33-40-29(22-12-14-23(15-13-22)31(36)42)30-32(37-18-19-41(30)33)38-21-25-16-17-27(44-4)20-28(25)45-5/h8,12-20,26H,6-7,9-11,21H2,1-5H3,(H2,36,42)(H,37,38)(H,39,43)/b24-8+. The van der Waals surface area contributed by atoms with Gasteiger partial charge in [-0.3, -0.25) is 9.20 Å². The zero-order chi connectivity index (χ0) is 32.8. The van der Waals surface area contributed by atoms with E-state index in [9.17, 15) is 9.59 Å². The fourth-order valence-electron chi connectivity index (χ4n) is 5.63. The fourth-order valence-corrected chi connectivity index (χ4v) is 5.63. The van der Waals surface area contributed by atoms with Crippen molar-refractivity contribution >= 4 is 28.9 Å². The normalized spacial score (nSPS) is 16.5.